The molecule has 0 amide bonds. The third kappa shape index (κ3) is 4.01. The quantitative estimate of drug-likeness (QED) is 0.605. The summed E-state index contributed by atoms with van der Waals surface area (Å²) in [5.74, 6) is -0.156. The predicted molar refractivity (Wildman–Crippen MR) is 75.1 cm³/mol. The topological polar surface area (TPSA) is 12.0 Å². The predicted octanol–water partition coefficient (Wildman–Crippen LogP) is 4.27. The van der Waals surface area contributed by atoms with Crippen LogP contribution in [0.5, 0.6) is 0 Å². The minimum absolute atomic E-state index is 0.156. The van der Waals surface area contributed by atoms with Crippen LogP contribution in [0.25, 0.3) is 0 Å². The number of hydrogen-bond acceptors (Lipinski definition) is 1. The molecule has 1 unspecified atom stereocenters. The van der Waals surface area contributed by atoms with Gasteiger partial charge in [0.25, 0.3) is 0 Å². The van der Waals surface area contributed by atoms with Crippen molar-refractivity contribution in [2.45, 2.75) is 38.6 Å². The second kappa shape index (κ2) is 7.22. The fourth-order valence-corrected chi connectivity index (χ4v) is 2.69. The molecule has 1 nitrogen and oxygen atoms in total. The number of unbranched alkanes of at least 4 members (excludes halogenated alkanes) is 2. The molecule has 1 aromatic carbocycles. The van der Waals surface area contributed by atoms with Crippen LogP contribution in [0, 0.1) is 9.39 Å². The second-order valence-electron chi connectivity index (χ2n) is 4.00. The number of benzene rings is 1. The van der Waals surface area contributed by atoms with E-state index in [9.17, 15) is 4.39 Å². The molecule has 0 aromatic heterocycles. The van der Waals surface area contributed by atoms with Crippen molar-refractivity contribution in [2.24, 2.45) is 0 Å². The number of rotatable bonds is 6. The zero-order valence-corrected chi connectivity index (χ0v) is 12.1. The fourth-order valence-electron chi connectivity index (χ4n) is 1.84. The van der Waals surface area contributed by atoms with Gasteiger partial charge in [0.15, 0.2) is 0 Å². The highest BCUT2D eigenvalue weighted by molar-refractivity contribution is 14.1. The molecule has 1 atom stereocenters. The molecule has 0 fully saturated rings. The maximum Gasteiger partial charge on any atom is 0.124 e. The molecule has 0 saturated heterocycles. The third-order valence-corrected chi connectivity index (χ3v) is 3.72. The van der Waals surface area contributed by atoms with Crippen LogP contribution in [-0.2, 0) is 0 Å². The van der Waals surface area contributed by atoms with Crippen LogP contribution in [0.1, 0.15) is 44.2 Å². The Hall–Kier alpha value is -0.160. The Morgan fingerprint density at radius 3 is 2.69 bits per heavy atom. The van der Waals surface area contributed by atoms with Gasteiger partial charge in [-0.1, -0.05) is 32.3 Å². The molecule has 0 spiro atoms. The van der Waals surface area contributed by atoms with Crippen molar-refractivity contribution in [1.29, 1.82) is 0 Å². The summed E-state index contributed by atoms with van der Waals surface area (Å²) in [6.45, 7) is 2.20. The summed E-state index contributed by atoms with van der Waals surface area (Å²) in [5.41, 5.74) is 1.21. The van der Waals surface area contributed by atoms with Crippen molar-refractivity contribution in [3.63, 3.8) is 0 Å². The Kier molecular flexibility index (Phi) is 6.28. The molecule has 0 aliphatic carbocycles. The molecule has 16 heavy (non-hydrogen) atoms. The number of halogens is 2. The lowest BCUT2D eigenvalue weighted by molar-refractivity contribution is 0.509. The van der Waals surface area contributed by atoms with E-state index in [0.717, 1.165) is 9.99 Å². The molecule has 90 valence electrons. The Labute approximate surface area is 111 Å². The molecule has 1 rings (SSSR count). The molecule has 0 saturated carbocycles. The van der Waals surface area contributed by atoms with Crippen molar-refractivity contribution >= 4 is 22.6 Å². The minimum Gasteiger partial charge on any atom is -0.313 e. The first-order chi connectivity index (χ1) is 7.69. The molecule has 3 heteroatoms. The van der Waals surface area contributed by atoms with Crippen LogP contribution in [0.2, 0.25) is 0 Å². The highest BCUT2D eigenvalue weighted by Gasteiger charge is 2.12. The lowest BCUT2D eigenvalue weighted by atomic mass is 10.0. The van der Waals surface area contributed by atoms with E-state index in [-0.39, 0.29) is 5.82 Å². The van der Waals surface area contributed by atoms with Crippen molar-refractivity contribution in [1.82, 2.24) is 5.32 Å². The monoisotopic (exact) mass is 335 g/mol. The maximum absolute atomic E-state index is 13.0. The lowest BCUT2D eigenvalue weighted by Crippen LogP contribution is -2.17. The van der Waals surface area contributed by atoms with Crippen LogP contribution < -0.4 is 5.32 Å². The largest absolute Gasteiger partial charge is 0.313 e. The normalized spacial score (nSPS) is 12.8. The van der Waals surface area contributed by atoms with Gasteiger partial charge in [-0.15, -0.1) is 0 Å². The Morgan fingerprint density at radius 1 is 1.38 bits per heavy atom. The van der Waals surface area contributed by atoms with Gasteiger partial charge < -0.3 is 5.32 Å². The van der Waals surface area contributed by atoms with Crippen molar-refractivity contribution in [3.05, 3.63) is 33.1 Å². The smallest absolute Gasteiger partial charge is 0.124 e. The van der Waals surface area contributed by atoms with E-state index in [1.807, 2.05) is 13.1 Å². The van der Waals surface area contributed by atoms with Gasteiger partial charge in [-0.3, -0.25) is 0 Å². The van der Waals surface area contributed by atoms with Crippen LogP contribution in [-0.4, -0.2) is 7.05 Å². The molecule has 0 radical (unpaired) electrons. The summed E-state index contributed by atoms with van der Waals surface area (Å²) in [4.78, 5) is 0. The van der Waals surface area contributed by atoms with Crippen molar-refractivity contribution in [2.75, 3.05) is 7.05 Å². The molecular formula is C13H19FIN. The zero-order chi connectivity index (χ0) is 12.0. The Morgan fingerprint density at radius 2 is 2.12 bits per heavy atom. The Balaban J connectivity index is 2.70. The summed E-state index contributed by atoms with van der Waals surface area (Å²) in [6.07, 6.45) is 4.83. The number of hydrogen-bond donors (Lipinski definition) is 1. The molecule has 1 aromatic rings. The molecule has 0 aliphatic rings. The molecule has 1 N–H and O–H groups in total. The van der Waals surface area contributed by atoms with Gasteiger partial charge in [-0.25, -0.2) is 4.39 Å². The van der Waals surface area contributed by atoms with E-state index >= 15 is 0 Å². The highest BCUT2D eigenvalue weighted by atomic mass is 127. The average molecular weight is 335 g/mol. The van der Waals surface area contributed by atoms with Crippen LogP contribution in [0.3, 0.4) is 0 Å². The first-order valence-electron chi connectivity index (χ1n) is 5.81. The van der Waals surface area contributed by atoms with Gasteiger partial charge in [-0.2, -0.15) is 0 Å². The highest BCUT2D eigenvalue weighted by Crippen LogP contribution is 2.25. The van der Waals surface area contributed by atoms with E-state index in [0.29, 0.717) is 6.04 Å². The van der Waals surface area contributed by atoms with Crippen molar-refractivity contribution in [3.8, 4) is 0 Å². The van der Waals surface area contributed by atoms with E-state index < -0.39 is 0 Å². The zero-order valence-electron chi connectivity index (χ0n) is 9.89. The standard InChI is InChI=1S/C13H19FIN/c1-3-4-5-6-13(16-2)11-8-7-10(14)9-12(11)15/h7-9,13,16H,3-6H2,1-2H3. The van der Waals surface area contributed by atoms with E-state index in [4.69, 9.17) is 0 Å². The molecule has 0 bridgehead atoms. The van der Waals surface area contributed by atoms with E-state index in [1.165, 1.54) is 24.8 Å². The van der Waals surface area contributed by atoms with Gasteiger partial charge in [0.05, 0.1) is 0 Å². The Bertz CT molecular complexity index is 328. The summed E-state index contributed by atoms with van der Waals surface area (Å²) in [6, 6.07) is 5.38. The van der Waals surface area contributed by atoms with Crippen molar-refractivity contribution < 1.29 is 4.39 Å². The SMILES string of the molecule is CCCCCC(NC)c1ccc(F)cc1I. The van der Waals surface area contributed by atoms with Crippen LogP contribution in [0.15, 0.2) is 18.2 Å². The van der Waals surface area contributed by atoms with E-state index in [2.05, 4.69) is 34.8 Å². The van der Waals surface area contributed by atoms with Gasteiger partial charge in [0.2, 0.25) is 0 Å². The third-order valence-electron chi connectivity index (χ3n) is 2.78. The number of nitrogens with one attached hydrogen (secondary N) is 1. The fraction of sp³-hybridized carbons (Fsp3) is 0.538. The second-order valence-corrected chi connectivity index (χ2v) is 5.17. The average Bonchev–Trinajstić information content (AvgIpc) is 2.26. The van der Waals surface area contributed by atoms with Gasteiger partial charge in [0.1, 0.15) is 5.82 Å². The van der Waals surface area contributed by atoms with Gasteiger partial charge >= 0.3 is 0 Å². The van der Waals surface area contributed by atoms with Gasteiger partial charge in [0, 0.05) is 9.61 Å². The molecular weight excluding hydrogens is 316 g/mol. The van der Waals surface area contributed by atoms with E-state index in [1.54, 1.807) is 12.1 Å². The van der Waals surface area contributed by atoms with Crippen LogP contribution >= 0.6 is 22.6 Å². The lowest BCUT2D eigenvalue weighted by Gasteiger charge is -2.18. The van der Waals surface area contributed by atoms with Gasteiger partial charge in [-0.05, 0) is 53.8 Å². The van der Waals surface area contributed by atoms with Crippen LogP contribution in [0.4, 0.5) is 4.39 Å². The summed E-state index contributed by atoms with van der Waals surface area (Å²) in [7, 11) is 1.97. The molecule has 0 heterocycles. The molecule has 0 aliphatic heterocycles. The summed E-state index contributed by atoms with van der Waals surface area (Å²) in [5, 5.41) is 3.31. The maximum atomic E-state index is 13.0. The first kappa shape index (κ1) is 13.9. The summed E-state index contributed by atoms with van der Waals surface area (Å²) >= 11 is 2.21. The summed E-state index contributed by atoms with van der Waals surface area (Å²) < 4.78 is 14.0. The minimum atomic E-state index is -0.156. The first-order valence-corrected chi connectivity index (χ1v) is 6.89.